The average Bonchev–Trinajstić information content (AvgIpc) is 2.82. The third-order valence-electron chi connectivity index (χ3n) is 6.51. The summed E-state index contributed by atoms with van der Waals surface area (Å²) in [5.41, 5.74) is 3.69. The largest absolute Gasteiger partial charge is 0.371 e. The molecule has 0 atom stereocenters. The molecule has 31 heavy (non-hydrogen) atoms. The summed E-state index contributed by atoms with van der Waals surface area (Å²) in [5, 5.41) is 3.96. The third-order valence-corrected chi connectivity index (χ3v) is 6.74. The zero-order valence-corrected chi connectivity index (χ0v) is 19.0. The van der Waals surface area contributed by atoms with Gasteiger partial charge in [0.25, 0.3) is 0 Å². The molecule has 2 fully saturated rings. The van der Waals surface area contributed by atoms with Crippen molar-refractivity contribution in [3.8, 4) is 0 Å². The number of piperazine rings is 1. The lowest BCUT2D eigenvalue weighted by atomic mass is 9.95. The second-order valence-electron chi connectivity index (χ2n) is 8.52. The molecule has 0 bridgehead atoms. The van der Waals surface area contributed by atoms with Gasteiger partial charge in [-0.3, -0.25) is 14.7 Å². The van der Waals surface area contributed by atoms with Crippen molar-refractivity contribution in [3.63, 3.8) is 0 Å². The molecule has 2 aliphatic heterocycles. The Kier molecular flexibility index (Phi) is 7.30. The van der Waals surface area contributed by atoms with Gasteiger partial charge in [-0.25, -0.2) is 0 Å². The fourth-order valence-electron chi connectivity index (χ4n) is 4.57. The number of halogens is 1. The first kappa shape index (κ1) is 21.9. The van der Waals surface area contributed by atoms with E-state index in [1.54, 1.807) is 0 Å². The summed E-state index contributed by atoms with van der Waals surface area (Å²) >= 11 is 6.18. The minimum absolute atomic E-state index is 0.126. The number of hydrogen-bond acceptors (Lipinski definition) is 5. The Hall–Kier alpha value is -2.31. The minimum atomic E-state index is 0.126. The predicted octanol–water partition coefficient (Wildman–Crippen LogP) is 3.20. The van der Waals surface area contributed by atoms with Crippen molar-refractivity contribution < 1.29 is 4.79 Å². The van der Waals surface area contributed by atoms with Crippen molar-refractivity contribution in [2.45, 2.75) is 19.8 Å². The highest BCUT2D eigenvalue weighted by Crippen LogP contribution is 2.25. The molecule has 1 aromatic carbocycles. The van der Waals surface area contributed by atoms with Gasteiger partial charge in [0.15, 0.2) is 0 Å². The van der Waals surface area contributed by atoms with Crippen LogP contribution in [0, 0.1) is 12.8 Å². The van der Waals surface area contributed by atoms with Crippen LogP contribution >= 0.6 is 11.6 Å². The molecule has 0 saturated carbocycles. The maximum absolute atomic E-state index is 12.6. The van der Waals surface area contributed by atoms with Crippen molar-refractivity contribution >= 4 is 28.9 Å². The number of amides is 1. The predicted molar refractivity (Wildman–Crippen MR) is 127 cm³/mol. The molecule has 2 saturated heterocycles. The maximum Gasteiger partial charge on any atom is 0.223 e. The number of piperidine rings is 1. The van der Waals surface area contributed by atoms with Gasteiger partial charge in [0, 0.05) is 87.1 Å². The second kappa shape index (κ2) is 10.3. The zero-order valence-electron chi connectivity index (χ0n) is 18.3. The van der Waals surface area contributed by atoms with Crippen molar-refractivity contribution in [1.82, 2.24) is 15.2 Å². The van der Waals surface area contributed by atoms with Crippen molar-refractivity contribution in [1.29, 1.82) is 0 Å². The normalized spacial score (nSPS) is 18.3. The van der Waals surface area contributed by atoms with E-state index in [1.807, 2.05) is 30.6 Å². The summed E-state index contributed by atoms with van der Waals surface area (Å²) in [7, 11) is 0. The number of carbonyl (C=O) groups is 1. The summed E-state index contributed by atoms with van der Waals surface area (Å²) in [4.78, 5) is 23.9. The van der Waals surface area contributed by atoms with E-state index < -0.39 is 0 Å². The number of nitrogens with one attached hydrogen (secondary N) is 1. The lowest BCUT2D eigenvalue weighted by Gasteiger charge is -2.37. The SMILES string of the molecule is Cc1ccc(Cl)cc1N1CCN(CCNC(=O)C2CCN(c3ccncc3)CC2)CC1. The lowest BCUT2D eigenvalue weighted by molar-refractivity contribution is -0.125. The highest BCUT2D eigenvalue weighted by molar-refractivity contribution is 6.30. The molecule has 166 valence electrons. The topological polar surface area (TPSA) is 51.7 Å². The van der Waals surface area contributed by atoms with Gasteiger partial charge in [0.05, 0.1) is 0 Å². The number of carbonyl (C=O) groups excluding carboxylic acids is 1. The highest BCUT2D eigenvalue weighted by atomic mass is 35.5. The molecule has 2 aromatic rings. The molecule has 0 spiro atoms. The van der Waals surface area contributed by atoms with E-state index in [1.165, 1.54) is 16.9 Å². The molecule has 0 unspecified atom stereocenters. The molecule has 3 heterocycles. The Morgan fingerprint density at radius 2 is 1.74 bits per heavy atom. The molecular formula is C24H32ClN5O. The van der Waals surface area contributed by atoms with Crippen LogP contribution in [0.3, 0.4) is 0 Å². The van der Waals surface area contributed by atoms with Crippen molar-refractivity contribution in [2.24, 2.45) is 5.92 Å². The van der Waals surface area contributed by atoms with Crippen LogP contribution in [0.4, 0.5) is 11.4 Å². The van der Waals surface area contributed by atoms with E-state index in [0.29, 0.717) is 0 Å². The molecule has 4 rings (SSSR count). The number of aryl methyl sites for hydroxylation is 1. The number of nitrogens with zero attached hydrogens (tertiary/aromatic N) is 4. The number of pyridine rings is 1. The van der Waals surface area contributed by atoms with E-state index in [2.05, 4.69) is 44.1 Å². The molecule has 1 amide bonds. The standard InChI is InChI=1S/C24H32ClN5O/c1-19-2-3-21(25)18-23(19)30-16-14-28(15-17-30)13-10-27-24(31)20-6-11-29(12-7-20)22-4-8-26-9-5-22/h2-5,8-9,18,20H,6-7,10-17H2,1H3,(H,27,31). The van der Waals surface area contributed by atoms with Gasteiger partial charge in [-0.2, -0.15) is 0 Å². The van der Waals surface area contributed by atoms with E-state index >= 15 is 0 Å². The summed E-state index contributed by atoms with van der Waals surface area (Å²) < 4.78 is 0. The molecule has 0 aliphatic carbocycles. The molecule has 1 N–H and O–H groups in total. The van der Waals surface area contributed by atoms with Gasteiger partial charge in [0.1, 0.15) is 0 Å². The number of rotatable bonds is 6. The average molecular weight is 442 g/mol. The fraction of sp³-hybridized carbons (Fsp3) is 0.500. The summed E-state index contributed by atoms with van der Waals surface area (Å²) in [6.45, 7) is 9.60. The van der Waals surface area contributed by atoms with Gasteiger partial charge in [0.2, 0.25) is 5.91 Å². The van der Waals surface area contributed by atoms with E-state index in [9.17, 15) is 4.79 Å². The summed E-state index contributed by atoms with van der Waals surface area (Å²) in [6.07, 6.45) is 5.46. The van der Waals surface area contributed by atoms with Crippen LogP contribution < -0.4 is 15.1 Å². The molecule has 2 aliphatic rings. The number of anilines is 2. The zero-order chi connectivity index (χ0) is 21.6. The van der Waals surface area contributed by atoms with Crippen LogP contribution in [-0.2, 0) is 4.79 Å². The first-order valence-electron chi connectivity index (χ1n) is 11.3. The Morgan fingerprint density at radius 1 is 1.03 bits per heavy atom. The van der Waals surface area contributed by atoms with Crippen LogP contribution in [0.1, 0.15) is 18.4 Å². The maximum atomic E-state index is 12.6. The highest BCUT2D eigenvalue weighted by Gasteiger charge is 2.25. The molecule has 7 heteroatoms. The van der Waals surface area contributed by atoms with Crippen LogP contribution in [0.15, 0.2) is 42.7 Å². The first-order chi connectivity index (χ1) is 15.1. The van der Waals surface area contributed by atoms with Gasteiger partial charge in [-0.15, -0.1) is 0 Å². The number of benzene rings is 1. The Labute approximate surface area is 190 Å². The number of hydrogen-bond donors (Lipinski definition) is 1. The van der Waals surface area contributed by atoms with E-state index in [4.69, 9.17) is 11.6 Å². The second-order valence-corrected chi connectivity index (χ2v) is 8.95. The summed E-state index contributed by atoms with van der Waals surface area (Å²) in [6, 6.07) is 10.2. The first-order valence-corrected chi connectivity index (χ1v) is 11.6. The van der Waals surface area contributed by atoms with Crippen LogP contribution in [-0.4, -0.2) is 68.1 Å². The Morgan fingerprint density at radius 3 is 2.45 bits per heavy atom. The molecular weight excluding hydrogens is 410 g/mol. The van der Waals surface area contributed by atoms with Crippen molar-refractivity contribution in [2.75, 3.05) is 62.2 Å². The monoisotopic (exact) mass is 441 g/mol. The van der Waals surface area contributed by atoms with Crippen LogP contribution in [0.25, 0.3) is 0 Å². The van der Waals surface area contributed by atoms with Crippen LogP contribution in [0.2, 0.25) is 5.02 Å². The van der Waals surface area contributed by atoms with Crippen LogP contribution in [0.5, 0.6) is 0 Å². The van der Waals surface area contributed by atoms with Gasteiger partial charge < -0.3 is 15.1 Å². The Bertz CT molecular complexity index is 862. The number of aromatic nitrogens is 1. The van der Waals surface area contributed by atoms with E-state index in [-0.39, 0.29) is 11.8 Å². The van der Waals surface area contributed by atoms with Crippen molar-refractivity contribution in [3.05, 3.63) is 53.3 Å². The third kappa shape index (κ3) is 5.69. The van der Waals surface area contributed by atoms with Gasteiger partial charge >= 0.3 is 0 Å². The lowest BCUT2D eigenvalue weighted by Crippen LogP contribution is -2.49. The quantitative estimate of drug-likeness (QED) is 0.746. The fourth-order valence-corrected chi connectivity index (χ4v) is 4.74. The molecule has 0 radical (unpaired) electrons. The Balaban J connectivity index is 1.15. The molecule has 1 aromatic heterocycles. The molecule has 6 nitrogen and oxygen atoms in total. The van der Waals surface area contributed by atoms with Gasteiger partial charge in [-0.05, 0) is 49.6 Å². The minimum Gasteiger partial charge on any atom is -0.371 e. The smallest absolute Gasteiger partial charge is 0.223 e. The summed E-state index contributed by atoms with van der Waals surface area (Å²) in [5.74, 6) is 0.336. The van der Waals surface area contributed by atoms with Gasteiger partial charge in [-0.1, -0.05) is 17.7 Å². The van der Waals surface area contributed by atoms with E-state index in [0.717, 1.165) is 70.2 Å².